The molecule has 31 heavy (non-hydrogen) atoms. The first-order valence-electron chi connectivity index (χ1n) is 11.0. The number of fused-ring (bicyclic) bond motifs is 2. The van der Waals surface area contributed by atoms with Crippen LogP contribution in [-0.4, -0.2) is 46.3 Å². The van der Waals surface area contributed by atoms with E-state index < -0.39 is 17.2 Å². The van der Waals surface area contributed by atoms with Gasteiger partial charge in [0.1, 0.15) is 5.60 Å². The molecule has 1 aromatic heterocycles. The smallest absolute Gasteiger partial charge is 0.319 e. The second kappa shape index (κ2) is 9.04. The van der Waals surface area contributed by atoms with E-state index in [1.807, 2.05) is 13.8 Å². The number of hydrogen-bond donors (Lipinski definition) is 1. The number of halogens is 2. The summed E-state index contributed by atoms with van der Waals surface area (Å²) in [5.41, 5.74) is -0.211. The largest absolute Gasteiger partial charge is 0.478 e. The summed E-state index contributed by atoms with van der Waals surface area (Å²) in [7, 11) is 0. The Balaban J connectivity index is 1.62. The molecule has 1 N–H and O–H groups in total. The predicted molar refractivity (Wildman–Crippen MR) is 111 cm³/mol. The van der Waals surface area contributed by atoms with Crippen molar-refractivity contribution in [2.24, 2.45) is 11.8 Å². The Morgan fingerprint density at radius 2 is 1.84 bits per heavy atom. The monoisotopic (exact) mass is 433 g/mol. The van der Waals surface area contributed by atoms with Crippen LogP contribution in [-0.2, 0) is 12.1 Å². The number of ether oxygens (including phenoxy) is 2. The van der Waals surface area contributed by atoms with Gasteiger partial charge in [0.25, 0.3) is 0 Å². The lowest BCUT2D eigenvalue weighted by Crippen LogP contribution is -2.58. The van der Waals surface area contributed by atoms with Crippen molar-refractivity contribution >= 4 is 0 Å². The summed E-state index contributed by atoms with van der Waals surface area (Å²) in [4.78, 5) is 10.8. The van der Waals surface area contributed by atoms with E-state index >= 15 is 0 Å². The SMILES string of the molecule is CCOc1ncc(C2(O)[C@@H]3CCC[C@@H]2CN(Cc2cccc(F)c2F)C3)c(OCC)n1. The number of aromatic nitrogens is 2. The Labute approximate surface area is 181 Å². The average molecular weight is 433 g/mol. The normalized spacial score (nSPS) is 26.0. The summed E-state index contributed by atoms with van der Waals surface area (Å²) >= 11 is 0. The van der Waals surface area contributed by atoms with Crippen LogP contribution < -0.4 is 9.47 Å². The second-order valence-electron chi connectivity index (χ2n) is 8.29. The van der Waals surface area contributed by atoms with Crippen molar-refractivity contribution in [1.29, 1.82) is 0 Å². The fourth-order valence-electron chi connectivity index (χ4n) is 5.09. The molecule has 1 aliphatic heterocycles. The van der Waals surface area contributed by atoms with Crippen molar-refractivity contribution in [2.45, 2.75) is 45.3 Å². The molecule has 0 amide bonds. The van der Waals surface area contributed by atoms with E-state index in [9.17, 15) is 13.9 Å². The van der Waals surface area contributed by atoms with Crippen LogP contribution in [0, 0.1) is 23.5 Å². The average Bonchev–Trinajstić information content (AvgIpc) is 2.73. The van der Waals surface area contributed by atoms with Gasteiger partial charge in [-0.05, 0) is 32.8 Å². The minimum absolute atomic E-state index is 0.0858. The highest BCUT2D eigenvalue weighted by Gasteiger charge is 2.53. The quantitative estimate of drug-likeness (QED) is 0.719. The molecule has 8 heteroatoms. The molecule has 2 heterocycles. The Morgan fingerprint density at radius 1 is 1.13 bits per heavy atom. The molecule has 0 unspecified atom stereocenters. The van der Waals surface area contributed by atoms with Gasteiger partial charge in [-0.1, -0.05) is 18.6 Å². The van der Waals surface area contributed by atoms with E-state index in [4.69, 9.17) is 9.47 Å². The van der Waals surface area contributed by atoms with Gasteiger partial charge in [-0.15, -0.1) is 0 Å². The Morgan fingerprint density at radius 3 is 2.52 bits per heavy atom. The van der Waals surface area contributed by atoms with Gasteiger partial charge in [0.15, 0.2) is 11.6 Å². The molecule has 6 nitrogen and oxygen atoms in total. The van der Waals surface area contributed by atoms with E-state index in [1.54, 1.807) is 12.3 Å². The molecule has 2 bridgehead atoms. The van der Waals surface area contributed by atoms with Gasteiger partial charge >= 0.3 is 6.01 Å². The number of rotatable bonds is 7. The van der Waals surface area contributed by atoms with Crippen molar-refractivity contribution in [3.63, 3.8) is 0 Å². The predicted octanol–water partition coefficient (Wildman–Crippen LogP) is 3.67. The molecule has 2 atom stereocenters. The molecular formula is C23H29F2N3O3. The van der Waals surface area contributed by atoms with Crippen LogP contribution in [0.5, 0.6) is 11.9 Å². The Hall–Kier alpha value is -2.32. The first kappa shape index (κ1) is 21.9. The third-order valence-corrected chi connectivity index (χ3v) is 6.45. The molecule has 2 aliphatic rings. The summed E-state index contributed by atoms with van der Waals surface area (Å²) < 4.78 is 39.0. The fourth-order valence-corrected chi connectivity index (χ4v) is 5.09. The molecule has 1 aromatic carbocycles. The highest BCUT2D eigenvalue weighted by atomic mass is 19.2. The third kappa shape index (κ3) is 4.11. The van der Waals surface area contributed by atoms with Gasteiger partial charge in [0.2, 0.25) is 5.88 Å². The van der Waals surface area contributed by atoms with Gasteiger partial charge in [-0.25, -0.2) is 13.8 Å². The number of hydrogen-bond acceptors (Lipinski definition) is 6. The Kier molecular flexibility index (Phi) is 6.39. The molecule has 0 radical (unpaired) electrons. The summed E-state index contributed by atoms with van der Waals surface area (Å²) in [6.45, 7) is 6.02. The van der Waals surface area contributed by atoms with E-state index in [0.717, 1.165) is 25.3 Å². The maximum atomic E-state index is 14.2. The third-order valence-electron chi connectivity index (χ3n) is 6.45. The summed E-state index contributed by atoms with van der Waals surface area (Å²) in [5.74, 6) is -1.45. The molecular weight excluding hydrogens is 404 g/mol. The molecule has 0 spiro atoms. The van der Waals surface area contributed by atoms with E-state index in [2.05, 4.69) is 14.9 Å². The van der Waals surface area contributed by atoms with Gasteiger partial charge in [0, 0.05) is 43.2 Å². The van der Waals surface area contributed by atoms with Crippen LogP contribution in [0.2, 0.25) is 0 Å². The number of piperidine rings is 1. The molecule has 168 valence electrons. The van der Waals surface area contributed by atoms with Gasteiger partial charge in [-0.2, -0.15) is 4.98 Å². The van der Waals surface area contributed by atoms with Crippen molar-refractivity contribution < 1.29 is 23.4 Å². The van der Waals surface area contributed by atoms with Crippen LogP contribution in [0.25, 0.3) is 0 Å². The molecule has 1 aliphatic carbocycles. The molecule has 1 saturated carbocycles. The van der Waals surface area contributed by atoms with E-state index in [1.165, 1.54) is 6.07 Å². The lowest BCUT2D eigenvalue weighted by Gasteiger charge is -2.53. The zero-order chi connectivity index (χ0) is 22.0. The Bertz CT molecular complexity index is 913. The van der Waals surface area contributed by atoms with Crippen LogP contribution in [0.3, 0.4) is 0 Å². The van der Waals surface area contributed by atoms with Gasteiger partial charge < -0.3 is 14.6 Å². The summed E-state index contributed by atoms with van der Waals surface area (Å²) in [6.07, 6.45) is 4.29. The summed E-state index contributed by atoms with van der Waals surface area (Å²) in [6, 6.07) is 4.50. The van der Waals surface area contributed by atoms with Crippen molar-refractivity contribution in [3.8, 4) is 11.9 Å². The van der Waals surface area contributed by atoms with Crippen LogP contribution >= 0.6 is 0 Å². The lowest BCUT2D eigenvalue weighted by atomic mass is 9.63. The number of nitrogens with zero attached hydrogens (tertiary/aromatic N) is 3. The molecule has 1 saturated heterocycles. The van der Waals surface area contributed by atoms with Crippen LogP contribution in [0.1, 0.15) is 44.2 Å². The number of aliphatic hydroxyl groups is 1. The first-order valence-corrected chi connectivity index (χ1v) is 11.0. The standard InChI is InChI=1S/C23H29F2N3O3/c1-3-30-21-18(11-26-22(27-21)31-4-2)23(29)16-8-6-9-17(23)14-28(13-16)12-15-7-5-10-19(24)20(15)25/h5,7,10-11,16-17,29H,3-4,6,8-9,12-14H2,1-2H3/t16-,17-/m1/s1. The van der Waals surface area contributed by atoms with Crippen LogP contribution in [0.4, 0.5) is 8.78 Å². The van der Waals surface area contributed by atoms with Gasteiger partial charge in [0.05, 0.1) is 18.8 Å². The fraction of sp³-hybridized carbons (Fsp3) is 0.565. The molecule has 2 aromatic rings. The van der Waals surface area contributed by atoms with E-state index in [-0.39, 0.29) is 17.8 Å². The topological polar surface area (TPSA) is 67.7 Å². The minimum atomic E-state index is -1.13. The van der Waals surface area contributed by atoms with Crippen LogP contribution in [0.15, 0.2) is 24.4 Å². The van der Waals surface area contributed by atoms with Crippen molar-refractivity contribution in [2.75, 3.05) is 26.3 Å². The molecule has 4 rings (SSSR count). The second-order valence-corrected chi connectivity index (χ2v) is 8.29. The number of likely N-dealkylation sites (tertiary alicyclic amines) is 1. The summed E-state index contributed by atoms with van der Waals surface area (Å²) in [5, 5.41) is 12.0. The highest BCUT2D eigenvalue weighted by Crippen LogP contribution is 2.51. The highest BCUT2D eigenvalue weighted by molar-refractivity contribution is 5.34. The molecule has 2 fully saturated rings. The van der Waals surface area contributed by atoms with Crippen molar-refractivity contribution in [3.05, 3.63) is 47.2 Å². The minimum Gasteiger partial charge on any atom is -0.478 e. The van der Waals surface area contributed by atoms with Gasteiger partial charge in [-0.3, -0.25) is 4.90 Å². The van der Waals surface area contributed by atoms with E-state index in [0.29, 0.717) is 49.9 Å². The zero-order valence-electron chi connectivity index (χ0n) is 18.0. The maximum Gasteiger partial charge on any atom is 0.319 e. The zero-order valence-corrected chi connectivity index (χ0v) is 18.0. The van der Waals surface area contributed by atoms with Crippen molar-refractivity contribution in [1.82, 2.24) is 14.9 Å². The lowest BCUT2D eigenvalue weighted by molar-refractivity contribution is -0.150. The first-order chi connectivity index (χ1) is 15.0. The number of benzene rings is 1. The maximum absolute atomic E-state index is 14.2.